The minimum atomic E-state index is -0.164. The van der Waals surface area contributed by atoms with E-state index in [2.05, 4.69) is 20.4 Å². The van der Waals surface area contributed by atoms with Gasteiger partial charge in [-0.05, 0) is 50.5 Å². The zero-order chi connectivity index (χ0) is 21.9. The van der Waals surface area contributed by atoms with Gasteiger partial charge in [0.05, 0.1) is 17.6 Å². The van der Waals surface area contributed by atoms with E-state index in [1.54, 1.807) is 6.07 Å². The van der Waals surface area contributed by atoms with Gasteiger partial charge in [0.1, 0.15) is 5.52 Å². The largest absolute Gasteiger partial charge is 0.355 e. The van der Waals surface area contributed by atoms with Crippen LogP contribution in [0, 0.1) is 6.92 Å². The van der Waals surface area contributed by atoms with Crippen LogP contribution < -0.4 is 10.2 Å². The molecule has 5 rings (SSSR count). The summed E-state index contributed by atoms with van der Waals surface area (Å²) in [5, 5.41) is 7.93. The topological polar surface area (TPSA) is 84.2 Å². The van der Waals surface area contributed by atoms with Crippen molar-refractivity contribution in [1.29, 1.82) is 0 Å². The van der Waals surface area contributed by atoms with Gasteiger partial charge in [0.2, 0.25) is 5.95 Å². The normalized spacial score (nSPS) is 14.0. The van der Waals surface area contributed by atoms with Crippen LogP contribution >= 0.6 is 0 Å². The van der Waals surface area contributed by atoms with Crippen LogP contribution in [0.25, 0.3) is 22.2 Å². The highest BCUT2D eigenvalue weighted by atomic mass is 16.5. The molecule has 1 fully saturated rings. The summed E-state index contributed by atoms with van der Waals surface area (Å²) in [5.74, 6) is 1.25. The van der Waals surface area contributed by atoms with Crippen LogP contribution in [-0.4, -0.2) is 34.1 Å². The summed E-state index contributed by atoms with van der Waals surface area (Å²) < 4.78 is 5.55. The molecule has 1 amide bonds. The summed E-state index contributed by atoms with van der Waals surface area (Å²) in [7, 11) is 0. The molecule has 0 spiro atoms. The number of rotatable bonds is 5. The van der Waals surface area contributed by atoms with E-state index in [1.807, 2.05) is 55.5 Å². The molecule has 162 valence electrons. The number of carbonyl (C=O) groups is 1. The average molecular weight is 428 g/mol. The quantitative estimate of drug-likeness (QED) is 0.504. The van der Waals surface area contributed by atoms with Gasteiger partial charge < -0.3 is 14.7 Å². The van der Waals surface area contributed by atoms with Crippen LogP contribution in [0.2, 0.25) is 0 Å². The number of nitrogens with one attached hydrogen (secondary N) is 1. The maximum absolute atomic E-state index is 12.9. The summed E-state index contributed by atoms with van der Waals surface area (Å²) in [5.41, 5.74) is 3.91. The lowest BCUT2D eigenvalue weighted by molar-refractivity contribution is 0.0950. The van der Waals surface area contributed by atoms with Gasteiger partial charge in [0, 0.05) is 29.9 Å². The third kappa shape index (κ3) is 4.19. The molecule has 7 nitrogen and oxygen atoms in total. The zero-order valence-corrected chi connectivity index (χ0v) is 18.0. The third-order valence-corrected chi connectivity index (χ3v) is 5.74. The highest BCUT2D eigenvalue weighted by Gasteiger charge is 2.16. The van der Waals surface area contributed by atoms with Crippen LogP contribution in [0.4, 0.5) is 5.95 Å². The van der Waals surface area contributed by atoms with Crippen molar-refractivity contribution in [3.63, 3.8) is 0 Å². The summed E-state index contributed by atoms with van der Waals surface area (Å²) in [4.78, 5) is 24.4. The van der Waals surface area contributed by atoms with Gasteiger partial charge >= 0.3 is 0 Å². The second-order valence-electron chi connectivity index (χ2n) is 8.14. The number of hydrogen-bond acceptors (Lipinski definition) is 6. The Morgan fingerprint density at radius 3 is 2.66 bits per heavy atom. The molecule has 2 aromatic carbocycles. The predicted molar refractivity (Wildman–Crippen MR) is 123 cm³/mol. The maximum Gasteiger partial charge on any atom is 0.251 e. The molecule has 7 heteroatoms. The molecule has 0 aliphatic carbocycles. The second kappa shape index (κ2) is 8.78. The van der Waals surface area contributed by atoms with Crippen molar-refractivity contribution in [3.8, 4) is 11.3 Å². The minimum Gasteiger partial charge on any atom is -0.355 e. The van der Waals surface area contributed by atoms with Crippen molar-refractivity contribution in [2.24, 2.45) is 0 Å². The van der Waals surface area contributed by atoms with Crippen molar-refractivity contribution in [2.45, 2.75) is 32.7 Å². The molecule has 2 aromatic heterocycles. The monoisotopic (exact) mass is 427 g/mol. The number of aromatic nitrogens is 3. The van der Waals surface area contributed by atoms with E-state index in [9.17, 15) is 4.79 Å². The van der Waals surface area contributed by atoms with Crippen LogP contribution in [0.1, 0.15) is 41.0 Å². The van der Waals surface area contributed by atoms with Crippen LogP contribution in [0.3, 0.4) is 0 Å². The van der Waals surface area contributed by atoms with Crippen LogP contribution in [-0.2, 0) is 6.54 Å². The van der Waals surface area contributed by atoms with Gasteiger partial charge in [-0.15, -0.1) is 0 Å². The summed E-state index contributed by atoms with van der Waals surface area (Å²) in [6, 6.07) is 17.1. The van der Waals surface area contributed by atoms with Gasteiger partial charge in [-0.1, -0.05) is 35.5 Å². The first-order valence-corrected chi connectivity index (χ1v) is 11.0. The third-order valence-electron chi connectivity index (χ3n) is 5.74. The molecule has 1 N–H and O–H groups in total. The fraction of sp³-hybridized carbons (Fsp3) is 0.280. The first-order chi connectivity index (χ1) is 15.7. The number of nitrogens with zero attached hydrogens (tertiary/aromatic N) is 4. The number of benzene rings is 2. The Hall–Kier alpha value is -3.74. The number of aryl methyl sites for hydroxylation is 1. The molecule has 0 unspecified atom stereocenters. The van der Waals surface area contributed by atoms with E-state index in [1.165, 1.54) is 19.3 Å². The number of hydrogen-bond donors (Lipinski definition) is 1. The molecule has 0 saturated carbocycles. The maximum atomic E-state index is 12.9. The average Bonchev–Trinajstić information content (AvgIpc) is 3.26. The molecule has 0 atom stereocenters. The lowest BCUT2D eigenvalue weighted by Gasteiger charge is -2.27. The van der Waals surface area contributed by atoms with Crippen molar-refractivity contribution in [1.82, 2.24) is 20.4 Å². The van der Waals surface area contributed by atoms with E-state index in [4.69, 9.17) is 9.51 Å². The van der Waals surface area contributed by atoms with Crippen molar-refractivity contribution in [2.75, 3.05) is 18.0 Å². The molecule has 1 aliphatic heterocycles. The number of carbonyl (C=O) groups excluding carboxylic acids is 1. The minimum absolute atomic E-state index is 0.164. The Kier molecular flexibility index (Phi) is 5.54. The van der Waals surface area contributed by atoms with Gasteiger partial charge in [-0.3, -0.25) is 4.79 Å². The van der Waals surface area contributed by atoms with Gasteiger partial charge in [0.15, 0.2) is 5.76 Å². The van der Waals surface area contributed by atoms with Gasteiger partial charge in [-0.2, -0.15) is 0 Å². The van der Waals surface area contributed by atoms with Crippen LogP contribution in [0.15, 0.2) is 59.1 Å². The molecule has 4 aromatic rings. The zero-order valence-electron chi connectivity index (χ0n) is 18.0. The predicted octanol–water partition coefficient (Wildman–Crippen LogP) is 4.51. The Morgan fingerprint density at radius 1 is 1.03 bits per heavy atom. The SMILES string of the molecule is Cc1cc(CNC(=O)c2ccc3noc(-c4ccccc4)c3c2)nc(N2CCCCC2)n1. The van der Waals surface area contributed by atoms with Crippen LogP contribution in [0.5, 0.6) is 0 Å². The van der Waals surface area contributed by atoms with E-state index in [0.717, 1.165) is 46.9 Å². The molecule has 3 heterocycles. The molecular formula is C25H25N5O2. The first kappa shape index (κ1) is 20.2. The fourth-order valence-corrected chi connectivity index (χ4v) is 4.10. The smallest absolute Gasteiger partial charge is 0.251 e. The van der Waals surface area contributed by atoms with E-state index < -0.39 is 0 Å². The van der Waals surface area contributed by atoms with E-state index in [-0.39, 0.29) is 5.91 Å². The Bertz CT molecular complexity index is 1250. The molecule has 1 aliphatic rings. The molecular weight excluding hydrogens is 402 g/mol. The molecule has 0 bridgehead atoms. The summed E-state index contributed by atoms with van der Waals surface area (Å²) in [6.07, 6.45) is 3.59. The van der Waals surface area contributed by atoms with E-state index >= 15 is 0 Å². The standard InChI is InChI=1S/C25H25N5O2/c1-17-14-20(28-25(27-17)30-12-6-3-7-13-30)16-26-24(31)19-10-11-22-21(15-19)23(32-29-22)18-8-4-2-5-9-18/h2,4-5,8-11,14-15H,3,6-7,12-13,16H2,1H3,(H,26,31). The number of amides is 1. The summed E-state index contributed by atoms with van der Waals surface area (Å²) in [6.45, 7) is 4.27. The number of anilines is 1. The molecule has 0 radical (unpaired) electrons. The lowest BCUT2D eigenvalue weighted by Crippen LogP contribution is -2.32. The summed E-state index contributed by atoms with van der Waals surface area (Å²) >= 11 is 0. The van der Waals surface area contributed by atoms with Crippen molar-refractivity contribution in [3.05, 3.63) is 71.5 Å². The number of piperidine rings is 1. The first-order valence-electron chi connectivity index (χ1n) is 11.0. The Labute approximate surface area is 186 Å². The number of fused-ring (bicyclic) bond motifs is 1. The molecule has 32 heavy (non-hydrogen) atoms. The second-order valence-corrected chi connectivity index (χ2v) is 8.14. The Morgan fingerprint density at radius 2 is 1.84 bits per heavy atom. The van der Waals surface area contributed by atoms with Gasteiger partial charge in [-0.25, -0.2) is 9.97 Å². The molecule has 1 saturated heterocycles. The van der Waals surface area contributed by atoms with Crippen molar-refractivity contribution < 1.29 is 9.32 Å². The highest BCUT2D eigenvalue weighted by Crippen LogP contribution is 2.29. The van der Waals surface area contributed by atoms with E-state index in [0.29, 0.717) is 17.9 Å². The lowest BCUT2D eigenvalue weighted by atomic mass is 10.1. The highest BCUT2D eigenvalue weighted by molar-refractivity contribution is 6.00. The Balaban J connectivity index is 1.34. The fourth-order valence-electron chi connectivity index (χ4n) is 4.10. The van der Waals surface area contributed by atoms with Gasteiger partial charge in [0.25, 0.3) is 5.91 Å². The van der Waals surface area contributed by atoms with Crippen molar-refractivity contribution >= 4 is 22.8 Å².